The number of fused-ring (bicyclic) bond motifs is 1. The van der Waals surface area contributed by atoms with Crippen molar-refractivity contribution in [2.75, 3.05) is 20.8 Å². The third-order valence-corrected chi connectivity index (χ3v) is 4.35. The highest BCUT2D eigenvalue weighted by molar-refractivity contribution is 6.21. The Hall–Kier alpha value is -3.35. The Morgan fingerprint density at radius 1 is 1.00 bits per heavy atom. The molecule has 0 saturated heterocycles. The number of nitrogens with zero attached hydrogens (tertiary/aromatic N) is 1. The summed E-state index contributed by atoms with van der Waals surface area (Å²) in [6, 6.07) is 11.1. The van der Waals surface area contributed by atoms with Gasteiger partial charge in [-0.1, -0.05) is 18.2 Å². The van der Waals surface area contributed by atoms with E-state index in [1.165, 1.54) is 20.3 Å². The highest BCUT2D eigenvalue weighted by Gasteiger charge is 2.38. The summed E-state index contributed by atoms with van der Waals surface area (Å²) in [6.07, 6.45) is 0. The normalized spacial score (nSPS) is 14.2. The summed E-state index contributed by atoms with van der Waals surface area (Å²) in [4.78, 5) is 37.8. The van der Waals surface area contributed by atoms with Crippen molar-refractivity contribution in [3.05, 3.63) is 59.2 Å². The zero-order valence-corrected chi connectivity index (χ0v) is 14.3. The second kappa shape index (κ2) is 6.87. The number of imide groups is 1. The summed E-state index contributed by atoms with van der Waals surface area (Å²) in [6.45, 7) is -0.267. The third kappa shape index (κ3) is 2.88. The molecule has 3 rings (SSSR count). The first kappa shape index (κ1) is 17.5. The van der Waals surface area contributed by atoms with Crippen LogP contribution in [0.4, 0.5) is 0 Å². The number of amides is 2. The van der Waals surface area contributed by atoms with Gasteiger partial charge >= 0.3 is 5.97 Å². The lowest BCUT2D eigenvalue weighted by Gasteiger charge is -2.20. The van der Waals surface area contributed by atoms with Gasteiger partial charge in [-0.2, -0.15) is 0 Å². The predicted octanol–water partition coefficient (Wildman–Crippen LogP) is 2.17. The Kier molecular flexibility index (Phi) is 4.62. The molecule has 1 N–H and O–H groups in total. The van der Waals surface area contributed by atoms with E-state index in [2.05, 4.69) is 0 Å². The molecule has 7 heteroatoms. The highest BCUT2D eigenvalue weighted by atomic mass is 16.5. The van der Waals surface area contributed by atoms with Gasteiger partial charge in [0.2, 0.25) is 0 Å². The minimum absolute atomic E-state index is 0.267. The molecule has 0 aliphatic carbocycles. The molecule has 0 spiro atoms. The molecule has 1 heterocycles. The molecule has 1 aliphatic heterocycles. The minimum Gasteiger partial charge on any atom is -0.493 e. The molecule has 0 fully saturated rings. The van der Waals surface area contributed by atoms with E-state index in [9.17, 15) is 19.5 Å². The number of rotatable bonds is 6. The number of methoxy groups -OCH3 is 2. The van der Waals surface area contributed by atoms with Crippen LogP contribution in [0.1, 0.15) is 32.2 Å². The van der Waals surface area contributed by atoms with E-state index in [0.717, 1.165) is 4.90 Å². The van der Waals surface area contributed by atoms with Crippen molar-refractivity contribution in [3.63, 3.8) is 0 Å². The zero-order chi connectivity index (χ0) is 18.8. The smallest absolute Gasteiger partial charge is 0.312 e. The van der Waals surface area contributed by atoms with Crippen LogP contribution in [0.3, 0.4) is 0 Å². The van der Waals surface area contributed by atoms with Crippen LogP contribution in [-0.4, -0.2) is 48.6 Å². The Morgan fingerprint density at radius 2 is 1.58 bits per heavy atom. The van der Waals surface area contributed by atoms with Crippen LogP contribution >= 0.6 is 0 Å². The first-order chi connectivity index (χ1) is 12.5. The van der Waals surface area contributed by atoms with E-state index in [-0.39, 0.29) is 17.7 Å². The van der Waals surface area contributed by atoms with Crippen molar-refractivity contribution in [1.82, 2.24) is 4.90 Å². The number of benzene rings is 2. The number of ether oxygens (including phenoxy) is 2. The lowest BCUT2D eigenvalue weighted by molar-refractivity contribution is -0.138. The molecule has 7 nitrogen and oxygen atoms in total. The van der Waals surface area contributed by atoms with Gasteiger partial charge in [0.25, 0.3) is 11.8 Å². The molecule has 0 unspecified atom stereocenters. The number of carboxylic acid groups (broad SMARTS) is 1. The Balaban J connectivity index is 1.93. The molecule has 1 aliphatic rings. The van der Waals surface area contributed by atoms with Gasteiger partial charge in [0.05, 0.1) is 31.3 Å². The number of aliphatic carboxylic acids is 1. The van der Waals surface area contributed by atoms with Gasteiger partial charge in [0.15, 0.2) is 11.5 Å². The first-order valence-corrected chi connectivity index (χ1v) is 7.88. The molecule has 26 heavy (non-hydrogen) atoms. The van der Waals surface area contributed by atoms with Crippen LogP contribution in [-0.2, 0) is 4.79 Å². The third-order valence-electron chi connectivity index (χ3n) is 4.35. The average Bonchev–Trinajstić information content (AvgIpc) is 2.90. The fourth-order valence-electron chi connectivity index (χ4n) is 2.98. The van der Waals surface area contributed by atoms with Crippen LogP contribution in [0.25, 0.3) is 0 Å². The quantitative estimate of drug-likeness (QED) is 0.798. The van der Waals surface area contributed by atoms with E-state index in [1.54, 1.807) is 36.4 Å². The van der Waals surface area contributed by atoms with Gasteiger partial charge < -0.3 is 14.6 Å². The Labute approximate surface area is 149 Å². The van der Waals surface area contributed by atoms with Gasteiger partial charge in [-0.15, -0.1) is 0 Å². The minimum atomic E-state index is -1.14. The van der Waals surface area contributed by atoms with Gasteiger partial charge in [0, 0.05) is 6.54 Å². The molecule has 0 bridgehead atoms. The molecule has 0 aromatic heterocycles. The number of carbonyl (C=O) groups excluding carboxylic acids is 2. The molecular formula is C19H17NO6. The van der Waals surface area contributed by atoms with E-state index < -0.39 is 23.7 Å². The standard InChI is InChI=1S/C19H17NO6/c1-25-15-8-7-11(9-16(15)26-2)14(19(23)24)10-20-17(21)12-5-3-4-6-13(12)18(20)22/h3-9,14H,10H2,1-2H3,(H,23,24)/t14-/m0/s1. The van der Waals surface area contributed by atoms with Crippen molar-refractivity contribution in [2.24, 2.45) is 0 Å². The van der Waals surface area contributed by atoms with E-state index in [0.29, 0.717) is 17.1 Å². The van der Waals surface area contributed by atoms with Crippen molar-refractivity contribution < 1.29 is 29.0 Å². The highest BCUT2D eigenvalue weighted by Crippen LogP contribution is 2.32. The second-order valence-corrected chi connectivity index (χ2v) is 5.77. The number of carboxylic acids is 1. The monoisotopic (exact) mass is 355 g/mol. The predicted molar refractivity (Wildman–Crippen MR) is 91.7 cm³/mol. The van der Waals surface area contributed by atoms with Crippen molar-refractivity contribution >= 4 is 17.8 Å². The molecule has 134 valence electrons. The largest absolute Gasteiger partial charge is 0.493 e. The van der Waals surface area contributed by atoms with Gasteiger partial charge in [-0.3, -0.25) is 19.3 Å². The maximum absolute atomic E-state index is 12.5. The maximum atomic E-state index is 12.5. The number of hydrogen-bond acceptors (Lipinski definition) is 5. The van der Waals surface area contributed by atoms with Gasteiger partial charge in [-0.05, 0) is 29.8 Å². The summed E-state index contributed by atoms with van der Waals surface area (Å²) < 4.78 is 10.4. The van der Waals surface area contributed by atoms with Gasteiger partial charge in [0.1, 0.15) is 0 Å². The van der Waals surface area contributed by atoms with Crippen LogP contribution in [0.15, 0.2) is 42.5 Å². The SMILES string of the molecule is COc1ccc([C@H](CN2C(=O)c3ccccc3C2=O)C(=O)O)cc1OC. The maximum Gasteiger partial charge on any atom is 0.312 e. The summed E-state index contributed by atoms with van der Waals surface area (Å²) in [5.74, 6) is -2.37. The Bertz CT molecular complexity index is 856. The number of carbonyl (C=O) groups is 3. The summed E-state index contributed by atoms with van der Waals surface area (Å²) >= 11 is 0. The lowest BCUT2D eigenvalue weighted by atomic mass is 9.98. The molecule has 0 saturated carbocycles. The van der Waals surface area contributed by atoms with Crippen molar-refractivity contribution in [1.29, 1.82) is 0 Å². The zero-order valence-electron chi connectivity index (χ0n) is 14.3. The van der Waals surface area contributed by atoms with E-state index in [1.807, 2.05) is 0 Å². The molecule has 0 radical (unpaired) electrons. The van der Waals surface area contributed by atoms with E-state index >= 15 is 0 Å². The van der Waals surface area contributed by atoms with Crippen molar-refractivity contribution in [3.8, 4) is 11.5 Å². The van der Waals surface area contributed by atoms with E-state index in [4.69, 9.17) is 9.47 Å². The second-order valence-electron chi connectivity index (χ2n) is 5.77. The molecule has 2 aromatic rings. The number of hydrogen-bond donors (Lipinski definition) is 1. The molecular weight excluding hydrogens is 338 g/mol. The fraction of sp³-hybridized carbons (Fsp3) is 0.211. The fourth-order valence-corrected chi connectivity index (χ4v) is 2.98. The van der Waals surface area contributed by atoms with Crippen LogP contribution in [0.2, 0.25) is 0 Å². The molecule has 2 aromatic carbocycles. The molecule has 2 amide bonds. The average molecular weight is 355 g/mol. The molecule has 1 atom stereocenters. The van der Waals surface area contributed by atoms with Crippen molar-refractivity contribution in [2.45, 2.75) is 5.92 Å². The summed E-state index contributed by atoms with van der Waals surface area (Å²) in [5, 5.41) is 9.65. The topological polar surface area (TPSA) is 93.1 Å². The van der Waals surface area contributed by atoms with Crippen LogP contribution in [0, 0.1) is 0 Å². The van der Waals surface area contributed by atoms with Gasteiger partial charge in [-0.25, -0.2) is 0 Å². The first-order valence-electron chi connectivity index (χ1n) is 7.88. The summed E-state index contributed by atoms with van der Waals surface area (Å²) in [5.41, 5.74) is 0.981. The van der Waals surface area contributed by atoms with Crippen LogP contribution in [0.5, 0.6) is 11.5 Å². The van der Waals surface area contributed by atoms with Crippen LogP contribution < -0.4 is 9.47 Å². The lowest BCUT2D eigenvalue weighted by Crippen LogP contribution is -2.36. The summed E-state index contributed by atoms with van der Waals surface area (Å²) in [7, 11) is 2.92. The Morgan fingerprint density at radius 3 is 2.08 bits per heavy atom.